The highest BCUT2D eigenvalue weighted by Gasteiger charge is 2.17. The molecule has 4 rings (SSSR count). The number of aryl methyl sites for hydroxylation is 2. The Balaban J connectivity index is 1.94. The van der Waals surface area contributed by atoms with Crippen molar-refractivity contribution in [3.63, 3.8) is 0 Å². The summed E-state index contributed by atoms with van der Waals surface area (Å²) in [6, 6.07) is 13.0. The summed E-state index contributed by atoms with van der Waals surface area (Å²) in [7, 11) is 0. The predicted octanol–water partition coefficient (Wildman–Crippen LogP) is 3.10. The van der Waals surface area contributed by atoms with Gasteiger partial charge in [-0.05, 0) is 49.2 Å². The van der Waals surface area contributed by atoms with Crippen molar-refractivity contribution in [3.05, 3.63) is 85.6 Å². The second kappa shape index (κ2) is 6.25. The van der Waals surface area contributed by atoms with Crippen LogP contribution in [0.2, 0.25) is 0 Å². The third-order valence-electron chi connectivity index (χ3n) is 4.44. The van der Waals surface area contributed by atoms with E-state index in [4.69, 9.17) is 0 Å². The number of rotatable bonds is 2. The predicted molar refractivity (Wildman–Crippen MR) is 106 cm³/mol. The molecule has 0 unspecified atom stereocenters. The van der Waals surface area contributed by atoms with Crippen LogP contribution >= 0.6 is 0 Å². The standard InChI is InChI=1S/C21H17N3O3/c1-12-7-13(2)9-15(8-12)24-20(26)17(19(25)23-21(24)27)10-14-11-22-18-6-4-3-5-16(14)18/h3-11,26H,1-2H3,(H,23,25,27). The number of aromatic amines is 1. The summed E-state index contributed by atoms with van der Waals surface area (Å²) in [6.07, 6.45) is 3.18. The lowest BCUT2D eigenvalue weighted by Gasteiger charge is -2.12. The zero-order valence-electron chi connectivity index (χ0n) is 14.9. The first kappa shape index (κ1) is 16.8. The summed E-state index contributed by atoms with van der Waals surface area (Å²) in [4.78, 5) is 31.3. The van der Waals surface area contributed by atoms with Gasteiger partial charge >= 0.3 is 5.69 Å². The van der Waals surface area contributed by atoms with Gasteiger partial charge in [0.25, 0.3) is 5.56 Å². The van der Waals surface area contributed by atoms with E-state index in [1.807, 2.05) is 44.2 Å². The monoisotopic (exact) mass is 359 g/mol. The van der Waals surface area contributed by atoms with E-state index in [-0.39, 0.29) is 5.56 Å². The first-order valence-electron chi connectivity index (χ1n) is 8.46. The van der Waals surface area contributed by atoms with Gasteiger partial charge in [0.2, 0.25) is 5.88 Å². The van der Waals surface area contributed by atoms with Crippen LogP contribution in [0.3, 0.4) is 0 Å². The van der Waals surface area contributed by atoms with Crippen molar-refractivity contribution in [1.82, 2.24) is 9.55 Å². The quantitative estimate of drug-likeness (QED) is 0.737. The third kappa shape index (κ3) is 2.91. The van der Waals surface area contributed by atoms with Crippen LogP contribution in [0.25, 0.3) is 17.3 Å². The molecular formula is C21H17N3O3. The Bertz CT molecular complexity index is 1230. The number of hydrogen-bond acceptors (Lipinski definition) is 4. The van der Waals surface area contributed by atoms with Crippen molar-refractivity contribution in [2.75, 3.05) is 0 Å². The number of hydrogen-bond donors (Lipinski definition) is 2. The van der Waals surface area contributed by atoms with E-state index in [2.05, 4.69) is 9.98 Å². The Morgan fingerprint density at radius 2 is 1.78 bits per heavy atom. The summed E-state index contributed by atoms with van der Waals surface area (Å²) in [5.74, 6) is -0.404. The van der Waals surface area contributed by atoms with Crippen molar-refractivity contribution < 1.29 is 5.11 Å². The molecule has 0 aliphatic carbocycles. The Morgan fingerprint density at radius 1 is 1.07 bits per heavy atom. The van der Waals surface area contributed by atoms with E-state index in [1.54, 1.807) is 24.4 Å². The molecule has 3 aromatic rings. The Morgan fingerprint density at radius 3 is 2.52 bits per heavy atom. The van der Waals surface area contributed by atoms with Crippen LogP contribution in [0.4, 0.5) is 5.69 Å². The molecule has 0 bridgehead atoms. The fourth-order valence-corrected chi connectivity index (χ4v) is 3.30. The van der Waals surface area contributed by atoms with Gasteiger partial charge in [-0.25, -0.2) is 9.36 Å². The van der Waals surface area contributed by atoms with Gasteiger partial charge in [0.15, 0.2) is 0 Å². The molecule has 1 aromatic heterocycles. The third-order valence-corrected chi connectivity index (χ3v) is 4.44. The minimum absolute atomic E-state index is 0.00640. The number of allylic oxidation sites excluding steroid dienone is 1. The van der Waals surface area contributed by atoms with Gasteiger partial charge < -0.3 is 5.11 Å². The molecule has 6 heteroatoms. The maximum Gasteiger partial charge on any atom is 0.335 e. The lowest BCUT2D eigenvalue weighted by Crippen LogP contribution is -2.30. The summed E-state index contributed by atoms with van der Waals surface area (Å²) in [5.41, 5.74) is 3.39. The first-order chi connectivity index (χ1) is 12.9. The first-order valence-corrected chi connectivity index (χ1v) is 8.46. The number of H-pyrrole nitrogens is 1. The highest BCUT2D eigenvalue weighted by molar-refractivity contribution is 6.21. The highest BCUT2D eigenvalue weighted by atomic mass is 16.3. The maximum absolute atomic E-state index is 12.4. The summed E-state index contributed by atoms with van der Waals surface area (Å²) >= 11 is 0. The van der Waals surface area contributed by atoms with Crippen molar-refractivity contribution in [3.8, 4) is 11.6 Å². The van der Waals surface area contributed by atoms with E-state index in [9.17, 15) is 14.7 Å². The fraction of sp³-hybridized carbons (Fsp3) is 0.0952. The van der Waals surface area contributed by atoms with Gasteiger partial charge in [-0.2, -0.15) is 0 Å². The molecule has 134 valence electrons. The number of nitrogens with one attached hydrogen (secondary N) is 1. The Labute approximate surface area is 154 Å². The molecule has 1 aliphatic rings. The minimum Gasteiger partial charge on any atom is -0.494 e. The Kier molecular flexibility index (Phi) is 3.88. The van der Waals surface area contributed by atoms with Crippen LogP contribution in [-0.2, 0) is 0 Å². The maximum atomic E-state index is 12.4. The number of fused-ring (bicyclic) bond motifs is 1. The zero-order chi connectivity index (χ0) is 19.1. The van der Waals surface area contributed by atoms with Crippen molar-refractivity contribution in [2.45, 2.75) is 13.8 Å². The smallest absolute Gasteiger partial charge is 0.335 e. The SMILES string of the molecule is Cc1cc(C)cc(-n2c(O)c(C=C3C=Nc4ccccc43)c(=O)[nH]c2=O)c1. The van der Waals surface area contributed by atoms with E-state index in [0.717, 1.165) is 26.9 Å². The number of benzene rings is 2. The number of aliphatic imine (C=N–C) groups is 1. The summed E-state index contributed by atoms with van der Waals surface area (Å²) < 4.78 is 1.10. The Hall–Kier alpha value is -3.67. The van der Waals surface area contributed by atoms with Crippen LogP contribution in [0, 0.1) is 13.8 Å². The summed E-state index contributed by atoms with van der Waals surface area (Å²) in [6.45, 7) is 3.80. The molecule has 27 heavy (non-hydrogen) atoms. The largest absolute Gasteiger partial charge is 0.494 e. The minimum atomic E-state index is -0.690. The molecule has 2 heterocycles. The van der Waals surface area contributed by atoms with Crippen LogP contribution in [0.5, 0.6) is 5.88 Å². The van der Waals surface area contributed by atoms with Crippen LogP contribution in [0.15, 0.2) is 57.0 Å². The van der Waals surface area contributed by atoms with Crippen molar-refractivity contribution >= 4 is 23.6 Å². The number of para-hydroxylation sites is 1. The number of aromatic hydroxyl groups is 1. The van der Waals surface area contributed by atoms with Gasteiger partial charge in [0, 0.05) is 17.4 Å². The molecule has 0 radical (unpaired) electrons. The second-order valence-corrected chi connectivity index (χ2v) is 6.55. The zero-order valence-corrected chi connectivity index (χ0v) is 14.9. The molecule has 2 N–H and O–H groups in total. The fourth-order valence-electron chi connectivity index (χ4n) is 3.30. The van der Waals surface area contributed by atoms with E-state index < -0.39 is 17.1 Å². The van der Waals surface area contributed by atoms with Gasteiger partial charge in [0.1, 0.15) is 5.56 Å². The molecule has 2 aromatic carbocycles. The van der Waals surface area contributed by atoms with Crippen LogP contribution in [-0.4, -0.2) is 20.9 Å². The highest BCUT2D eigenvalue weighted by Crippen LogP contribution is 2.32. The van der Waals surface area contributed by atoms with Crippen LogP contribution in [0.1, 0.15) is 22.3 Å². The lowest BCUT2D eigenvalue weighted by atomic mass is 10.1. The lowest BCUT2D eigenvalue weighted by molar-refractivity contribution is 0.429. The topological polar surface area (TPSA) is 87.4 Å². The second-order valence-electron chi connectivity index (χ2n) is 6.55. The van der Waals surface area contributed by atoms with Gasteiger partial charge in [-0.1, -0.05) is 24.3 Å². The van der Waals surface area contributed by atoms with Gasteiger partial charge in [0.05, 0.1) is 11.4 Å². The number of nitrogens with zero attached hydrogens (tertiary/aromatic N) is 2. The molecule has 0 atom stereocenters. The van der Waals surface area contributed by atoms with Crippen molar-refractivity contribution in [2.24, 2.45) is 4.99 Å². The normalized spacial score (nSPS) is 13.9. The molecule has 0 spiro atoms. The molecule has 1 aliphatic heterocycles. The molecular weight excluding hydrogens is 342 g/mol. The molecule has 0 amide bonds. The van der Waals surface area contributed by atoms with Gasteiger partial charge in [-0.15, -0.1) is 0 Å². The average Bonchev–Trinajstić information content (AvgIpc) is 3.00. The number of aromatic nitrogens is 2. The van der Waals surface area contributed by atoms with Crippen molar-refractivity contribution in [1.29, 1.82) is 0 Å². The van der Waals surface area contributed by atoms with E-state index in [0.29, 0.717) is 11.3 Å². The molecule has 0 saturated carbocycles. The van der Waals surface area contributed by atoms with Gasteiger partial charge in [-0.3, -0.25) is 14.8 Å². The summed E-state index contributed by atoms with van der Waals surface area (Å²) in [5, 5.41) is 10.7. The van der Waals surface area contributed by atoms with E-state index in [1.165, 1.54) is 0 Å². The molecule has 6 nitrogen and oxygen atoms in total. The average molecular weight is 359 g/mol. The molecule has 0 fully saturated rings. The van der Waals surface area contributed by atoms with E-state index >= 15 is 0 Å². The van der Waals surface area contributed by atoms with Crippen LogP contribution < -0.4 is 11.2 Å². The molecule has 0 saturated heterocycles.